The van der Waals surface area contributed by atoms with Crippen LogP contribution in [0, 0.1) is 5.41 Å². The zero-order valence-electron chi connectivity index (χ0n) is 16.5. The Bertz CT molecular complexity index is 952. The molecule has 2 N–H and O–H groups in total. The number of hydrogen-bond donors (Lipinski definition) is 1. The van der Waals surface area contributed by atoms with Crippen LogP contribution in [0.3, 0.4) is 0 Å². The molecule has 0 aliphatic heterocycles. The van der Waals surface area contributed by atoms with Crippen LogP contribution in [-0.4, -0.2) is 15.7 Å². The normalized spacial score (nSPS) is 15.9. The van der Waals surface area contributed by atoms with Crippen LogP contribution in [0.2, 0.25) is 0 Å². The van der Waals surface area contributed by atoms with E-state index in [1.165, 1.54) is 5.57 Å². The number of allylic oxidation sites excluding steroid dienone is 6. The van der Waals surface area contributed by atoms with Gasteiger partial charge in [-0.15, -0.1) is 0 Å². The third-order valence-corrected chi connectivity index (χ3v) is 4.60. The third kappa shape index (κ3) is 4.45. The van der Waals surface area contributed by atoms with Gasteiger partial charge >= 0.3 is 0 Å². The molecule has 1 amide bonds. The van der Waals surface area contributed by atoms with E-state index in [1.807, 2.05) is 18.2 Å². The van der Waals surface area contributed by atoms with Crippen molar-refractivity contribution in [2.24, 2.45) is 18.2 Å². The van der Waals surface area contributed by atoms with E-state index in [-0.39, 0.29) is 0 Å². The summed E-state index contributed by atoms with van der Waals surface area (Å²) in [6.45, 7) is 6.74. The average molecular weight is 361 g/mol. The highest BCUT2D eigenvalue weighted by atomic mass is 16.1. The van der Waals surface area contributed by atoms with Crippen LogP contribution < -0.4 is 5.73 Å². The van der Waals surface area contributed by atoms with Gasteiger partial charge in [-0.05, 0) is 35.0 Å². The van der Waals surface area contributed by atoms with E-state index in [1.54, 1.807) is 17.9 Å². The first kappa shape index (κ1) is 18.9. The van der Waals surface area contributed by atoms with Gasteiger partial charge in [-0.25, -0.2) is 0 Å². The van der Waals surface area contributed by atoms with E-state index in [4.69, 9.17) is 5.73 Å². The summed E-state index contributed by atoms with van der Waals surface area (Å²) in [5.74, 6) is -0.464. The van der Waals surface area contributed by atoms with Crippen LogP contribution in [-0.2, 0) is 7.05 Å². The molecule has 1 aromatic carbocycles. The van der Waals surface area contributed by atoms with Crippen LogP contribution in [0.25, 0.3) is 16.8 Å². The number of carbonyl (C=O) groups excluding carboxylic acids is 1. The van der Waals surface area contributed by atoms with E-state index in [0.29, 0.717) is 16.7 Å². The van der Waals surface area contributed by atoms with Gasteiger partial charge in [0.2, 0.25) is 0 Å². The quantitative estimate of drug-likeness (QED) is 0.842. The summed E-state index contributed by atoms with van der Waals surface area (Å²) in [5.41, 5.74) is 11.4. The Kier molecular flexibility index (Phi) is 5.17. The third-order valence-electron chi connectivity index (χ3n) is 4.60. The molecule has 1 aliphatic carbocycles. The van der Waals surface area contributed by atoms with Gasteiger partial charge in [0.15, 0.2) is 0 Å². The maximum atomic E-state index is 11.8. The van der Waals surface area contributed by atoms with Crippen molar-refractivity contribution in [3.63, 3.8) is 0 Å². The smallest absolute Gasteiger partial charge is 0.252 e. The number of amides is 1. The summed E-state index contributed by atoms with van der Waals surface area (Å²) in [7, 11) is 1.80. The zero-order chi connectivity index (χ0) is 19.6. The largest absolute Gasteiger partial charge is 0.365 e. The Morgan fingerprint density at radius 2 is 1.93 bits per heavy atom. The summed E-state index contributed by atoms with van der Waals surface area (Å²) >= 11 is 0. The van der Waals surface area contributed by atoms with Crippen LogP contribution in [0.4, 0.5) is 0 Å². The molecule has 0 unspecified atom stereocenters. The standard InChI is InChI=1S/C23H27N3O/c1-23(2,3)14-13-16-9-11-17(12-10-16)18-7-5-6-8-19(18)21-20(22(24)27)15-26(4)25-21/h5-9,11-13,15H,10,14H2,1-4H3,(H2,24,27). The molecule has 0 spiro atoms. The molecule has 0 bridgehead atoms. The fourth-order valence-corrected chi connectivity index (χ4v) is 3.16. The molecular weight excluding hydrogens is 334 g/mol. The number of carbonyl (C=O) groups is 1. The second kappa shape index (κ2) is 7.39. The first-order valence-corrected chi connectivity index (χ1v) is 9.25. The van der Waals surface area contributed by atoms with E-state index < -0.39 is 5.91 Å². The first-order chi connectivity index (χ1) is 12.7. The fraction of sp³-hybridized carbons (Fsp3) is 0.304. The van der Waals surface area contributed by atoms with Crippen LogP contribution >= 0.6 is 0 Å². The van der Waals surface area contributed by atoms with Crippen molar-refractivity contribution in [1.29, 1.82) is 0 Å². The van der Waals surface area contributed by atoms with Gasteiger partial charge in [0.1, 0.15) is 5.69 Å². The average Bonchev–Trinajstić information content (AvgIpc) is 3.02. The Hall–Kier alpha value is -2.88. The van der Waals surface area contributed by atoms with E-state index >= 15 is 0 Å². The molecule has 0 radical (unpaired) electrons. The molecular formula is C23H27N3O. The lowest BCUT2D eigenvalue weighted by Gasteiger charge is -2.17. The Balaban J connectivity index is 1.94. The molecule has 0 saturated carbocycles. The SMILES string of the molecule is Cn1cc(C(N)=O)c(-c2ccccc2C2=CCC(=CCC(C)(C)C)C=C2)n1. The molecule has 3 rings (SSSR count). The lowest BCUT2D eigenvalue weighted by molar-refractivity contribution is 0.100. The highest BCUT2D eigenvalue weighted by Gasteiger charge is 2.19. The molecule has 140 valence electrons. The summed E-state index contributed by atoms with van der Waals surface area (Å²) in [5, 5.41) is 4.48. The minimum absolute atomic E-state index is 0.293. The Labute approximate surface area is 161 Å². The van der Waals surface area contributed by atoms with Gasteiger partial charge in [0, 0.05) is 18.8 Å². The number of primary amides is 1. The number of benzene rings is 1. The second-order valence-corrected chi connectivity index (χ2v) is 8.22. The Morgan fingerprint density at radius 3 is 2.52 bits per heavy atom. The van der Waals surface area contributed by atoms with Crippen LogP contribution in [0.5, 0.6) is 0 Å². The molecule has 27 heavy (non-hydrogen) atoms. The number of rotatable bonds is 4. The minimum atomic E-state index is -0.464. The number of aromatic nitrogens is 2. The molecule has 2 aromatic rings. The van der Waals surface area contributed by atoms with Gasteiger partial charge in [-0.1, -0.05) is 69.3 Å². The van der Waals surface area contributed by atoms with Crippen molar-refractivity contribution in [3.8, 4) is 11.3 Å². The molecule has 1 aliphatic rings. The monoisotopic (exact) mass is 361 g/mol. The molecule has 0 atom stereocenters. The van der Waals surface area contributed by atoms with Gasteiger partial charge in [0.25, 0.3) is 5.91 Å². The maximum Gasteiger partial charge on any atom is 0.252 e. The van der Waals surface area contributed by atoms with Crippen LogP contribution in [0.1, 0.15) is 49.5 Å². The lowest BCUT2D eigenvalue weighted by Crippen LogP contribution is -2.11. The highest BCUT2D eigenvalue weighted by Crippen LogP contribution is 2.33. The topological polar surface area (TPSA) is 60.9 Å². The van der Waals surface area contributed by atoms with Crippen molar-refractivity contribution in [3.05, 3.63) is 71.5 Å². The minimum Gasteiger partial charge on any atom is -0.365 e. The van der Waals surface area contributed by atoms with Crippen molar-refractivity contribution >= 4 is 11.5 Å². The van der Waals surface area contributed by atoms with Gasteiger partial charge < -0.3 is 5.73 Å². The van der Waals surface area contributed by atoms with Gasteiger partial charge in [0.05, 0.1) is 5.56 Å². The summed E-state index contributed by atoms with van der Waals surface area (Å²) in [6.07, 6.45) is 12.5. The van der Waals surface area contributed by atoms with E-state index in [2.05, 4.69) is 56.2 Å². The molecule has 0 fully saturated rings. The summed E-state index contributed by atoms with van der Waals surface area (Å²) in [6, 6.07) is 8.02. The van der Waals surface area contributed by atoms with Crippen LogP contribution in [0.15, 0.2) is 60.3 Å². The highest BCUT2D eigenvalue weighted by molar-refractivity contribution is 6.00. The summed E-state index contributed by atoms with van der Waals surface area (Å²) < 4.78 is 1.63. The van der Waals surface area contributed by atoms with Crippen molar-refractivity contribution < 1.29 is 4.79 Å². The predicted molar refractivity (Wildman–Crippen MR) is 111 cm³/mol. The lowest BCUT2D eigenvalue weighted by atomic mass is 9.88. The number of hydrogen-bond acceptors (Lipinski definition) is 2. The Morgan fingerprint density at radius 1 is 1.22 bits per heavy atom. The number of nitrogens with two attached hydrogens (primary N) is 1. The first-order valence-electron chi connectivity index (χ1n) is 9.25. The second-order valence-electron chi connectivity index (χ2n) is 8.22. The predicted octanol–water partition coefficient (Wildman–Crippen LogP) is 4.89. The van der Waals surface area contributed by atoms with Crippen molar-refractivity contribution in [2.75, 3.05) is 0 Å². The molecule has 0 saturated heterocycles. The maximum absolute atomic E-state index is 11.8. The molecule has 1 heterocycles. The summed E-state index contributed by atoms with van der Waals surface area (Å²) in [4.78, 5) is 11.8. The van der Waals surface area contributed by atoms with Gasteiger partial charge in [-0.3, -0.25) is 9.48 Å². The van der Waals surface area contributed by atoms with Gasteiger partial charge in [-0.2, -0.15) is 5.10 Å². The fourth-order valence-electron chi connectivity index (χ4n) is 3.16. The molecule has 4 heteroatoms. The van der Waals surface area contributed by atoms with E-state index in [0.717, 1.165) is 29.5 Å². The molecule has 1 aromatic heterocycles. The molecule has 4 nitrogen and oxygen atoms in total. The van der Waals surface area contributed by atoms with Crippen molar-refractivity contribution in [1.82, 2.24) is 9.78 Å². The number of aryl methyl sites for hydroxylation is 1. The van der Waals surface area contributed by atoms with Crippen molar-refractivity contribution in [2.45, 2.75) is 33.6 Å². The number of nitrogens with zero attached hydrogens (tertiary/aromatic N) is 2. The zero-order valence-corrected chi connectivity index (χ0v) is 16.5. The van der Waals surface area contributed by atoms with E-state index in [9.17, 15) is 4.79 Å².